The number of carbonyl (C=O) groups excluding carboxylic acids is 1. The predicted molar refractivity (Wildman–Crippen MR) is 110 cm³/mol. The Balaban J connectivity index is 1.89. The van der Waals surface area contributed by atoms with Crippen molar-refractivity contribution in [1.82, 2.24) is 5.32 Å². The molecule has 2 unspecified atom stereocenters. The van der Waals surface area contributed by atoms with Gasteiger partial charge in [0.15, 0.2) is 0 Å². The molecule has 2 atom stereocenters. The van der Waals surface area contributed by atoms with Crippen LogP contribution in [0.1, 0.15) is 40.9 Å². The molecule has 4 N–H and O–H groups in total. The Hall–Kier alpha value is -2.41. The molecule has 6 heteroatoms. The average molecular weight is 386 g/mol. The zero-order valence-corrected chi connectivity index (χ0v) is 16.6. The molecule has 152 valence electrons. The summed E-state index contributed by atoms with van der Waals surface area (Å²) >= 11 is 0. The standard InChI is InChI=1S/C22H30N2O4/c1-16(8-9-17-6-4-3-5-7-17)24-15-20(25)18-10-11-21(28-13-12-27-2)19(14-18)22(23)26/h3-7,10-11,14,16,20,24-25H,8-9,12-13,15H2,1-2H3,(H2,23,26). The van der Waals surface area contributed by atoms with Crippen molar-refractivity contribution < 1.29 is 19.4 Å². The van der Waals surface area contributed by atoms with E-state index in [0.717, 1.165) is 12.8 Å². The Morgan fingerprint density at radius 2 is 1.93 bits per heavy atom. The van der Waals surface area contributed by atoms with Crippen LogP contribution in [-0.4, -0.2) is 43.9 Å². The summed E-state index contributed by atoms with van der Waals surface area (Å²) < 4.78 is 10.5. The van der Waals surface area contributed by atoms with Gasteiger partial charge in [-0.25, -0.2) is 0 Å². The molecule has 0 saturated heterocycles. The van der Waals surface area contributed by atoms with E-state index in [4.69, 9.17) is 15.2 Å². The van der Waals surface area contributed by atoms with Gasteiger partial charge in [0.2, 0.25) is 0 Å². The predicted octanol–water partition coefficient (Wildman–Crippen LogP) is 2.46. The molecular weight excluding hydrogens is 356 g/mol. The van der Waals surface area contributed by atoms with Crippen LogP contribution in [0.5, 0.6) is 5.75 Å². The highest BCUT2D eigenvalue weighted by molar-refractivity contribution is 5.95. The topological polar surface area (TPSA) is 93.8 Å². The van der Waals surface area contributed by atoms with Gasteiger partial charge in [0.1, 0.15) is 12.4 Å². The van der Waals surface area contributed by atoms with Gasteiger partial charge >= 0.3 is 0 Å². The van der Waals surface area contributed by atoms with Crippen LogP contribution < -0.4 is 15.8 Å². The molecule has 0 radical (unpaired) electrons. The second kappa shape index (κ2) is 11.4. The first-order chi connectivity index (χ1) is 13.5. The molecule has 0 aromatic heterocycles. The van der Waals surface area contributed by atoms with E-state index in [1.165, 1.54) is 5.56 Å². The van der Waals surface area contributed by atoms with Gasteiger partial charge in [-0.1, -0.05) is 36.4 Å². The maximum Gasteiger partial charge on any atom is 0.252 e. The second-order valence-corrected chi connectivity index (χ2v) is 6.81. The van der Waals surface area contributed by atoms with Crippen molar-refractivity contribution in [3.05, 3.63) is 65.2 Å². The fraction of sp³-hybridized carbons (Fsp3) is 0.409. The summed E-state index contributed by atoms with van der Waals surface area (Å²) in [5.41, 5.74) is 7.63. The van der Waals surface area contributed by atoms with Gasteiger partial charge in [0.25, 0.3) is 5.91 Å². The maximum atomic E-state index is 11.7. The Kier molecular flexibility index (Phi) is 8.94. The van der Waals surface area contributed by atoms with Crippen molar-refractivity contribution in [2.45, 2.75) is 31.9 Å². The summed E-state index contributed by atoms with van der Waals surface area (Å²) in [4.78, 5) is 11.7. The lowest BCUT2D eigenvalue weighted by Gasteiger charge is -2.18. The highest BCUT2D eigenvalue weighted by atomic mass is 16.5. The van der Waals surface area contributed by atoms with Crippen molar-refractivity contribution in [2.24, 2.45) is 5.73 Å². The fourth-order valence-corrected chi connectivity index (χ4v) is 2.87. The lowest BCUT2D eigenvalue weighted by atomic mass is 10.0. The summed E-state index contributed by atoms with van der Waals surface area (Å²) in [5.74, 6) is -0.199. The molecule has 0 saturated carbocycles. The van der Waals surface area contributed by atoms with Crippen LogP contribution in [0, 0.1) is 0 Å². The van der Waals surface area contributed by atoms with Crippen LogP contribution in [0.2, 0.25) is 0 Å². The zero-order chi connectivity index (χ0) is 20.4. The summed E-state index contributed by atoms with van der Waals surface area (Å²) in [6.07, 6.45) is 1.20. The number of ether oxygens (including phenoxy) is 2. The van der Waals surface area contributed by atoms with Gasteiger partial charge in [-0.05, 0) is 43.0 Å². The zero-order valence-electron chi connectivity index (χ0n) is 16.6. The number of hydrogen-bond donors (Lipinski definition) is 3. The number of aliphatic hydroxyl groups excluding tert-OH is 1. The highest BCUT2D eigenvalue weighted by Crippen LogP contribution is 2.23. The number of hydrogen-bond acceptors (Lipinski definition) is 5. The van der Waals surface area contributed by atoms with Crippen molar-refractivity contribution in [3.63, 3.8) is 0 Å². The van der Waals surface area contributed by atoms with Crippen LogP contribution in [0.4, 0.5) is 0 Å². The third kappa shape index (κ3) is 6.96. The quantitative estimate of drug-likeness (QED) is 0.487. The Bertz CT molecular complexity index is 737. The molecule has 6 nitrogen and oxygen atoms in total. The lowest BCUT2D eigenvalue weighted by molar-refractivity contribution is 0.0991. The molecule has 0 aliphatic rings. The van der Waals surface area contributed by atoms with Crippen LogP contribution in [0.25, 0.3) is 0 Å². The molecule has 0 aliphatic heterocycles. The number of aliphatic hydroxyl groups is 1. The number of benzene rings is 2. The number of carbonyl (C=O) groups is 1. The van der Waals surface area contributed by atoms with E-state index >= 15 is 0 Å². The Morgan fingerprint density at radius 3 is 2.61 bits per heavy atom. The van der Waals surface area contributed by atoms with Crippen LogP contribution in [0.3, 0.4) is 0 Å². The molecule has 0 fully saturated rings. The number of rotatable bonds is 12. The molecule has 2 aromatic carbocycles. The first kappa shape index (κ1) is 21.9. The molecule has 0 bridgehead atoms. The summed E-state index contributed by atoms with van der Waals surface area (Å²) in [7, 11) is 1.58. The van der Waals surface area contributed by atoms with E-state index in [1.54, 1.807) is 25.3 Å². The van der Waals surface area contributed by atoms with Gasteiger partial charge in [-0.3, -0.25) is 4.79 Å². The second-order valence-electron chi connectivity index (χ2n) is 6.81. The molecule has 1 amide bonds. The molecule has 2 rings (SSSR count). The van der Waals surface area contributed by atoms with Crippen LogP contribution >= 0.6 is 0 Å². The van der Waals surface area contributed by atoms with E-state index in [-0.39, 0.29) is 11.6 Å². The van der Waals surface area contributed by atoms with E-state index < -0.39 is 12.0 Å². The summed E-state index contributed by atoms with van der Waals surface area (Å²) in [6, 6.07) is 15.6. The molecule has 0 heterocycles. The van der Waals surface area contributed by atoms with Crippen molar-refractivity contribution in [2.75, 3.05) is 26.9 Å². The number of amides is 1. The first-order valence-corrected chi connectivity index (χ1v) is 9.52. The number of nitrogens with two attached hydrogens (primary N) is 1. The monoisotopic (exact) mass is 386 g/mol. The normalized spacial score (nSPS) is 13.1. The molecule has 0 aliphatic carbocycles. The fourth-order valence-electron chi connectivity index (χ4n) is 2.87. The highest BCUT2D eigenvalue weighted by Gasteiger charge is 2.15. The lowest BCUT2D eigenvalue weighted by Crippen LogP contribution is -2.31. The van der Waals surface area contributed by atoms with Crippen molar-refractivity contribution >= 4 is 5.91 Å². The summed E-state index contributed by atoms with van der Waals surface area (Å²) in [6.45, 7) is 3.21. The number of nitrogens with one attached hydrogen (secondary N) is 1. The Labute approximate surface area is 166 Å². The number of methoxy groups -OCH3 is 1. The first-order valence-electron chi connectivity index (χ1n) is 9.52. The number of primary amides is 1. The van der Waals surface area contributed by atoms with Gasteiger partial charge in [0, 0.05) is 19.7 Å². The third-order valence-electron chi connectivity index (χ3n) is 4.57. The molecule has 28 heavy (non-hydrogen) atoms. The van der Waals surface area contributed by atoms with E-state index in [0.29, 0.717) is 31.1 Å². The molecular formula is C22H30N2O4. The third-order valence-corrected chi connectivity index (χ3v) is 4.57. The van der Waals surface area contributed by atoms with Crippen LogP contribution in [0.15, 0.2) is 48.5 Å². The minimum Gasteiger partial charge on any atom is -0.490 e. The summed E-state index contributed by atoms with van der Waals surface area (Å²) in [5, 5.41) is 13.8. The van der Waals surface area contributed by atoms with E-state index in [9.17, 15) is 9.90 Å². The van der Waals surface area contributed by atoms with E-state index in [2.05, 4.69) is 24.4 Å². The molecule has 0 spiro atoms. The van der Waals surface area contributed by atoms with Gasteiger partial charge in [-0.2, -0.15) is 0 Å². The van der Waals surface area contributed by atoms with Crippen molar-refractivity contribution in [1.29, 1.82) is 0 Å². The minimum atomic E-state index is -0.745. The van der Waals surface area contributed by atoms with Crippen LogP contribution in [-0.2, 0) is 11.2 Å². The Morgan fingerprint density at radius 1 is 1.18 bits per heavy atom. The maximum absolute atomic E-state index is 11.7. The molecule has 2 aromatic rings. The van der Waals surface area contributed by atoms with E-state index in [1.807, 2.05) is 18.2 Å². The van der Waals surface area contributed by atoms with Gasteiger partial charge in [0.05, 0.1) is 18.3 Å². The number of aryl methyl sites for hydroxylation is 1. The van der Waals surface area contributed by atoms with Gasteiger partial charge in [-0.15, -0.1) is 0 Å². The van der Waals surface area contributed by atoms with Crippen molar-refractivity contribution in [3.8, 4) is 5.75 Å². The average Bonchev–Trinajstić information content (AvgIpc) is 2.71. The largest absolute Gasteiger partial charge is 0.490 e. The minimum absolute atomic E-state index is 0.252. The SMILES string of the molecule is COCCOc1ccc(C(O)CNC(C)CCc2ccccc2)cc1C(N)=O. The van der Waals surface area contributed by atoms with Gasteiger partial charge < -0.3 is 25.6 Å². The smallest absolute Gasteiger partial charge is 0.252 e.